The highest BCUT2D eigenvalue weighted by molar-refractivity contribution is 6.26. The summed E-state index contributed by atoms with van der Waals surface area (Å²) in [7, 11) is 1.73. The first-order valence-electron chi connectivity index (χ1n) is 6.95. The highest BCUT2D eigenvalue weighted by Crippen LogP contribution is 2.22. The van der Waals surface area contributed by atoms with E-state index in [1.165, 1.54) is 5.56 Å². The van der Waals surface area contributed by atoms with Gasteiger partial charge in [-0.1, -0.05) is 17.7 Å². The molecule has 1 aromatic rings. The Balaban J connectivity index is 1.78. The van der Waals surface area contributed by atoms with Crippen LogP contribution in [0.1, 0.15) is 31.2 Å². The largest absolute Gasteiger partial charge is 0.428 e. The van der Waals surface area contributed by atoms with Crippen molar-refractivity contribution in [2.24, 2.45) is 5.73 Å². The van der Waals surface area contributed by atoms with Crippen LogP contribution in [0.15, 0.2) is 24.3 Å². The molecule has 0 unspecified atom stereocenters. The Hall–Kier alpha value is -1.04. The van der Waals surface area contributed by atoms with Crippen LogP contribution in [0.5, 0.6) is 0 Å². The number of benzene rings is 1. The van der Waals surface area contributed by atoms with E-state index in [0.29, 0.717) is 6.04 Å². The first kappa shape index (κ1) is 14.4. The summed E-state index contributed by atoms with van der Waals surface area (Å²) in [5, 5.41) is 13.0. The third-order valence-electron chi connectivity index (χ3n) is 3.55. The molecule has 1 aromatic carbocycles. The summed E-state index contributed by atoms with van der Waals surface area (Å²) in [5.41, 5.74) is 7.60. The molecule has 1 aliphatic rings. The number of rotatable bonds is 6. The summed E-state index contributed by atoms with van der Waals surface area (Å²) in [5.74, 6) is 0. The average Bonchev–Trinajstić information content (AvgIpc) is 2.44. The Morgan fingerprint density at radius 3 is 2.53 bits per heavy atom. The Labute approximate surface area is 115 Å². The van der Waals surface area contributed by atoms with E-state index >= 15 is 0 Å². The van der Waals surface area contributed by atoms with Crippen molar-refractivity contribution in [2.45, 2.75) is 44.1 Å². The van der Waals surface area contributed by atoms with Gasteiger partial charge in [-0.3, -0.25) is 0 Å². The molecular formula is C14H22BN2O2. The Morgan fingerprint density at radius 2 is 1.89 bits per heavy atom. The van der Waals surface area contributed by atoms with E-state index in [1.807, 2.05) is 0 Å². The molecule has 1 fully saturated rings. The maximum Gasteiger partial charge on any atom is 0.298 e. The predicted octanol–water partition coefficient (Wildman–Crippen LogP) is 1.45. The van der Waals surface area contributed by atoms with Gasteiger partial charge in [-0.25, -0.2) is 0 Å². The normalized spacial score (nSPS) is 23.1. The van der Waals surface area contributed by atoms with Gasteiger partial charge < -0.3 is 20.8 Å². The number of aliphatic hydroxyl groups excluding tert-OH is 1. The minimum atomic E-state index is -0.0986. The van der Waals surface area contributed by atoms with Gasteiger partial charge in [-0.2, -0.15) is 0 Å². The second kappa shape index (κ2) is 7.53. The van der Waals surface area contributed by atoms with Gasteiger partial charge >= 0.3 is 0 Å². The zero-order valence-electron chi connectivity index (χ0n) is 11.2. The molecule has 1 radical (unpaired) electrons. The molecule has 1 saturated carbocycles. The summed E-state index contributed by atoms with van der Waals surface area (Å²) in [6.07, 6.45) is 4.57. The van der Waals surface area contributed by atoms with E-state index in [9.17, 15) is 5.11 Å². The van der Waals surface area contributed by atoms with Crippen LogP contribution in [0.4, 0.5) is 5.69 Å². The Kier molecular flexibility index (Phi) is 5.70. The molecule has 19 heavy (non-hydrogen) atoms. The highest BCUT2D eigenvalue weighted by Gasteiger charge is 2.18. The number of nitrogens with one attached hydrogen (secondary N) is 1. The van der Waals surface area contributed by atoms with Crippen LogP contribution >= 0.6 is 0 Å². The van der Waals surface area contributed by atoms with Crippen molar-refractivity contribution in [2.75, 3.05) is 12.0 Å². The molecule has 0 heterocycles. The smallest absolute Gasteiger partial charge is 0.298 e. The van der Waals surface area contributed by atoms with Crippen molar-refractivity contribution in [1.29, 1.82) is 0 Å². The third-order valence-corrected chi connectivity index (χ3v) is 3.55. The van der Waals surface area contributed by atoms with Gasteiger partial charge in [0.05, 0.1) is 12.8 Å². The molecule has 0 atom stereocenters. The van der Waals surface area contributed by atoms with Crippen molar-refractivity contribution < 1.29 is 9.76 Å². The van der Waals surface area contributed by atoms with E-state index in [-0.39, 0.29) is 12.8 Å². The topological polar surface area (TPSA) is 67.5 Å². The maximum atomic E-state index is 9.48. The fraction of sp³-hybridized carbons (Fsp3) is 0.571. The predicted molar refractivity (Wildman–Crippen MR) is 77.9 cm³/mol. The molecule has 0 spiro atoms. The van der Waals surface area contributed by atoms with Gasteiger partial charge in [0.2, 0.25) is 0 Å². The number of hydrogen-bond acceptors (Lipinski definition) is 4. The lowest BCUT2D eigenvalue weighted by atomic mass is 9.89. The van der Waals surface area contributed by atoms with E-state index in [4.69, 9.17) is 10.4 Å². The van der Waals surface area contributed by atoms with Gasteiger partial charge in [-0.05, 0) is 44.1 Å². The first-order chi connectivity index (χ1) is 9.28. The quantitative estimate of drug-likeness (QED) is 0.412. The zero-order chi connectivity index (χ0) is 13.5. The lowest BCUT2D eigenvalue weighted by molar-refractivity contribution is 0.126. The molecule has 2 rings (SSSR count). The van der Waals surface area contributed by atoms with Crippen molar-refractivity contribution >= 4 is 13.2 Å². The molecule has 0 saturated heterocycles. The maximum absolute atomic E-state index is 9.48. The molecule has 0 bridgehead atoms. The van der Waals surface area contributed by atoms with E-state index in [1.54, 1.807) is 7.48 Å². The number of aliphatic hydroxyl groups is 1. The Morgan fingerprint density at radius 1 is 1.21 bits per heavy atom. The lowest BCUT2D eigenvalue weighted by Gasteiger charge is -2.27. The van der Waals surface area contributed by atoms with Gasteiger partial charge in [0.25, 0.3) is 7.48 Å². The van der Waals surface area contributed by atoms with Crippen LogP contribution in [-0.2, 0) is 11.0 Å². The summed E-state index contributed by atoms with van der Waals surface area (Å²) in [6, 6.07) is 8.86. The fourth-order valence-electron chi connectivity index (χ4n) is 2.42. The molecule has 103 valence electrons. The van der Waals surface area contributed by atoms with Crippen molar-refractivity contribution in [3.8, 4) is 0 Å². The summed E-state index contributed by atoms with van der Waals surface area (Å²) in [6.45, 7) is 0.229. The second-order valence-corrected chi connectivity index (χ2v) is 5.05. The van der Waals surface area contributed by atoms with Crippen molar-refractivity contribution in [1.82, 2.24) is 0 Å². The van der Waals surface area contributed by atoms with Gasteiger partial charge in [0, 0.05) is 11.7 Å². The Bertz CT molecular complexity index is 364. The molecule has 0 amide bonds. The number of anilines is 1. The molecule has 0 aromatic heterocycles. The molecule has 5 heteroatoms. The minimum Gasteiger partial charge on any atom is -0.428 e. The average molecular weight is 261 g/mol. The third kappa shape index (κ3) is 4.86. The fourth-order valence-corrected chi connectivity index (χ4v) is 2.42. The van der Waals surface area contributed by atoms with Gasteiger partial charge in [0.1, 0.15) is 0 Å². The summed E-state index contributed by atoms with van der Waals surface area (Å²) >= 11 is 0. The van der Waals surface area contributed by atoms with E-state index in [2.05, 4.69) is 29.6 Å². The highest BCUT2D eigenvalue weighted by atomic mass is 16.4. The molecule has 1 aliphatic carbocycles. The van der Waals surface area contributed by atoms with Crippen LogP contribution in [0, 0.1) is 0 Å². The first-order valence-corrected chi connectivity index (χ1v) is 6.95. The van der Waals surface area contributed by atoms with Crippen LogP contribution in [0.3, 0.4) is 0 Å². The number of hydrogen-bond donors (Lipinski definition) is 3. The van der Waals surface area contributed by atoms with E-state index < -0.39 is 0 Å². The minimum absolute atomic E-state index is 0.0986. The summed E-state index contributed by atoms with van der Waals surface area (Å²) in [4.78, 5) is 0. The number of nitrogens with two attached hydrogens (primary N) is 1. The van der Waals surface area contributed by atoms with Crippen molar-refractivity contribution in [3.05, 3.63) is 29.8 Å². The zero-order valence-corrected chi connectivity index (χ0v) is 11.2. The SMILES string of the molecule is NCO[B]Cc1ccc(NC2CCC(O)CC2)cc1. The monoisotopic (exact) mass is 261 g/mol. The van der Waals surface area contributed by atoms with Crippen molar-refractivity contribution in [3.63, 3.8) is 0 Å². The van der Waals surface area contributed by atoms with Gasteiger partial charge in [-0.15, -0.1) is 0 Å². The summed E-state index contributed by atoms with van der Waals surface area (Å²) < 4.78 is 5.01. The standard InChI is InChI=1S/C14H22BN2O2/c16-10-19-15-9-11-1-3-12(4-2-11)17-13-5-7-14(18)8-6-13/h1-4,13-14,17-18H,5-10,16H2. The van der Waals surface area contributed by atoms with Crippen LogP contribution in [0.2, 0.25) is 0 Å². The van der Waals surface area contributed by atoms with Crippen LogP contribution < -0.4 is 11.1 Å². The van der Waals surface area contributed by atoms with Crippen LogP contribution in [0.25, 0.3) is 0 Å². The molecule has 0 aliphatic heterocycles. The molecule has 4 nitrogen and oxygen atoms in total. The molecular weight excluding hydrogens is 239 g/mol. The second-order valence-electron chi connectivity index (χ2n) is 5.05. The lowest BCUT2D eigenvalue weighted by Crippen LogP contribution is -2.28. The van der Waals surface area contributed by atoms with Gasteiger partial charge in [0.15, 0.2) is 0 Å². The van der Waals surface area contributed by atoms with E-state index in [0.717, 1.165) is 37.7 Å². The molecule has 4 N–H and O–H groups in total. The van der Waals surface area contributed by atoms with Crippen LogP contribution in [-0.4, -0.2) is 31.5 Å².